The highest BCUT2D eigenvalue weighted by Gasteiger charge is 2.27. The number of nitrogens with two attached hydrogens (primary N) is 1. The number of morpholine rings is 1. The maximum absolute atomic E-state index is 12.4. The molecule has 0 radical (unpaired) electrons. The van der Waals surface area contributed by atoms with Crippen LogP contribution in [0.4, 0.5) is 5.69 Å². The monoisotopic (exact) mass is 250 g/mol. The molecular formula is C13H18N2O3. The van der Waals surface area contributed by atoms with Crippen molar-refractivity contribution in [2.45, 2.75) is 13.0 Å². The fourth-order valence-corrected chi connectivity index (χ4v) is 2.18. The number of carbonyl (C=O) groups is 1. The number of hydrogen-bond donors (Lipinski definition) is 2. The number of carbonyl (C=O) groups excluding carboxylic acids is 1. The number of ether oxygens (including phenoxy) is 1. The molecule has 0 spiro atoms. The fraction of sp³-hybridized carbons (Fsp3) is 0.462. The number of benzene rings is 1. The van der Waals surface area contributed by atoms with E-state index < -0.39 is 0 Å². The Hall–Kier alpha value is -1.59. The van der Waals surface area contributed by atoms with Gasteiger partial charge in [-0.25, -0.2) is 0 Å². The number of aliphatic hydroxyl groups is 1. The molecule has 0 bridgehead atoms. The normalized spacial score (nSPS) is 19.9. The summed E-state index contributed by atoms with van der Waals surface area (Å²) in [6.45, 7) is 3.19. The van der Waals surface area contributed by atoms with E-state index in [1.54, 1.807) is 11.0 Å². The van der Waals surface area contributed by atoms with E-state index >= 15 is 0 Å². The minimum absolute atomic E-state index is 0.0902. The molecule has 1 fully saturated rings. The molecule has 5 nitrogen and oxygen atoms in total. The van der Waals surface area contributed by atoms with Crippen LogP contribution in [0.1, 0.15) is 15.9 Å². The maximum atomic E-state index is 12.4. The molecule has 0 aromatic heterocycles. The summed E-state index contributed by atoms with van der Waals surface area (Å²) in [6, 6.07) is 5.02. The highest BCUT2D eigenvalue weighted by molar-refractivity contribution is 5.95. The summed E-state index contributed by atoms with van der Waals surface area (Å²) in [6.07, 6.45) is 0. The van der Waals surface area contributed by atoms with Crippen molar-refractivity contribution in [1.82, 2.24) is 4.90 Å². The first-order valence-corrected chi connectivity index (χ1v) is 5.98. The summed E-state index contributed by atoms with van der Waals surface area (Å²) in [4.78, 5) is 14.0. The van der Waals surface area contributed by atoms with Crippen molar-refractivity contribution in [2.75, 3.05) is 32.1 Å². The lowest BCUT2D eigenvalue weighted by Crippen LogP contribution is -2.50. The van der Waals surface area contributed by atoms with E-state index in [1.165, 1.54) is 0 Å². The van der Waals surface area contributed by atoms with Gasteiger partial charge in [-0.1, -0.05) is 0 Å². The number of rotatable bonds is 2. The van der Waals surface area contributed by atoms with Gasteiger partial charge in [-0.2, -0.15) is 0 Å². The molecule has 98 valence electrons. The second-order valence-corrected chi connectivity index (χ2v) is 4.54. The molecule has 5 heteroatoms. The number of nitrogens with zero attached hydrogens (tertiary/aromatic N) is 1. The van der Waals surface area contributed by atoms with Crippen molar-refractivity contribution in [3.63, 3.8) is 0 Å². The summed E-state index contributed by atoms with van der Waals surface area (Å²) in [5, 5.41) is 9.27. The largest absolute Gasteiger partial charge is 0.399 e. The molecule has 1 aliphatic rings. The summed E-state index contributed by atoms with van der Waals surface area (Å²) in [5.41, 5.74) is 7.84. The third-order valence-electron chi connectivity index (χ3n) is 3.05. The fourth-order valence-electron chi connectivity index (χ4n) is 2.18. The highest BCUT2D eigenvalue weighted by atomic mass is 16.5. The smallest absolute Gasteiger partial charge is 0.254 e. The van der Waals surface area contributed by atoms with Crippen LogP contribution >= 0.6 is 0 Å². The van der Waals surface area contributed by atoms with Gasteiger partial charge in [-0.15, -0.1) is 0 Å². The average molecular weight is 250 g/mol. The second kappa shape index (κ2) is 5.37. The van der Waals surface area contributed by atoms with E-state index in [0.29, 0.717) is 31.0 Å². The van der Waals surface area contributed by atoms with E-state index in [4.69, 9.17) is 10.5 Å². The van der Waals surface area contributed by atoms with Crippen molar-refractivity contribution >= 4 is 11.6 Å². The van der Waals surface area contributed by atoms with E-state index in [0.717, 1.165) is 5.56 Å². The van der Waals surface area contributed by atoms with Crippen LogP contribution in [0.3, 0.4) is 0 Å². The molecule has 1 unspecified atom stereocenters. The number of hydrogen-bond acceptors (Lipinski definition) is 4. The Labute approximate surface area is 106 Å². The van der Waals surface area contributed by atoms with Gasteiger partial charge in [0.1, 0.15) is 0 Å². The van der Waals surface area contributed by atoms with Crippen molar-refractivity contribution in [2.24, 2.45) is 0 Å². The van der Waals surface area contributed by atoms with Crippen LogP contribution in [0.2, 0.25) is 0 Å². The van der Waals surface area contributed by atoms with E-state index in [-0.39, 0.29) is 18.6 Å². The van der Waals surface area contributed by atoms with E-state index in [1.807, 2.05) is 19.1 Å². The number of anilines is 1. The molecule has 2 rings (SSSR count). The van der Waals surface area contributed by atoms with Gasteiger partial charge in [0, 0.05) is 17.8 Å². The first-order valence-electron chi connectivity index (χ1n) is 5.98. The highest BCUT2D eigenvalue weighted by Crippen LogP contribution is 2.16. The van der Waals surface area contributed by atoms with Crippen molar-refractivity contribution in [3.8, 4) is 0 Å². The lowest BCUT2D eigenvalue weighted by Gasteiger charge is -2.34. The van der Waals surface area contributed by atoms with Crippen LogP contribution in [0.15, 0.2) is 18.2 Å². The molecule has 0 saturated carbocycles. The predicted molar refractivity (Wildman–Crippen MR) is 68.3 cm³/mol. The Kier molecular flexibility index (Phi) is 3.84. The van der Waals surface area contributed by atoms with Gasteiger partial charge in [0.15, 0.2) is 0 Å². The lowest BCUT2D eigenvalue weighted by atomic mass is 10.1. The van der Waals surface area contributed by atoms with Gasteiger partial charge in [0.2, 0.25) is 0 Å². The molecule has 1 aliphatic heterocycles. The predicted octanol–water partition coefficient (Wildman–Crippen LogP) is 0.411. The van der Waals surface area contributed by atoms with Crippen molar-refractivity contribution < 1.29 is 14.6 Å². The van der Waals surface area contributed by atoms with Crippen LogP contribution in [-0.4, -0.2) is 48.3 Å². The van der Waals surface area contributed by atoms with Crippen LogP contribution in [0.5, 0.6) is 0 Å². The molecule has 1 saturated heterocycles. The van der Waals surface area contributed by atoms with Gasteiger partial charge < -0.3 is 20.5 Å². The molecule has 18 heavy (non-hydrogen) atoms. The zero-order valence-corrected chi connectivity index (χ0v) is 10.4. The third kappa shape index (κ3) is 2.63. The van der Waals surface area contributed by atoms with Gasteiger partial charge in [0.05, 0.1) is 25.9 Å². The average Bonchev–Trinajstić information content (AvgIpc) is 2.36. The van der Waals surface area contributed by atoms with Crippen LogP contribution in [-0.2, 0) is 4.74 Å². The first-order chi connectivity index (χ1) is 8.61. The van der Waals surface area contributed by atoms with Crippen LogP contribution in [0, 0.1) is 6.92 Å². The number of aryl methyl sites for hydroxylation is 1. The zero-order valence-electron chi connectivity index (χ0n) is 10.4. The Bertz CT molecular complexity index is 428. The topological polar surface area (TPSA) is 75.8 Å². The molecule has 1 aromatic carbocycles. The quantitative estimate of drug-likeness (QED) is 0.745. The summed E-state index contributed by atoms with van der Waals surface area (Å²) >= 11 is 0. The van der Waals surface area contributed by atoms with Gasteiger partial charge >= 0.3 is 0 Å². The van der Waals surface area contributed by atoms with E-state index in [9.17, 15) is 9.90 Å². The third-order valence-corrected chi connectivity index (χ3v) is 3.05. The van der Waals surface area contributed by atoms with Crippen molar-refractivity contribution in [1.29, 1.82) is 0 Å². The molecule has 0 aliphatic carbocycles. The molecule has 1 aromatic rings. The minimum atomic E-state index is -0.270. The molecule has 3 N–H and O–H groups in total. The first kappa shape index (κ1) is 12.9. The molecular weight excluding hydrogens is 232 g/mol. The summed E-state index contributed by atoms with van der Waals surface area (Å²) in [5.74, 6) is -0.104. The Morgan fingerprint density at radius 1 is 1.56 bits per heavy atom. The number of amides is 1. The van der Waals surface area contributed by atoms with Gasteiger partial charge in [-0.05, 0) is 30.7 Å². The minimum Gasteiger partial charge on any atom is -0.399 e. The maximum Gasteiger partial charge on any atom is 0.254 e. The SMILES string of the molecule is Cc1cc(N)cc(C(=O)N2CCOCC2CO)c1. The second-order valence-electron chi connectivity index (χ2n) is 4.54. The van der Waals surface area contributed by atoms with E-state index in [2.05, 4.69) is 0 Å². The lowest BCUT2D eigenvalue weighted by molar-refractivity contribution is -0.0183. The standard InChI is InChI=1S/C13H18N2O3/c1-9-4-10(6-11(14)5-9)13(17)15-2-3-18-8-12(15)7-16/h4-6,12,16H,2-3,7-8,14H2,1H3. The molecule has 1 atom stereocenters. The Morgan fingerprint density at radius 3 is 3.00 bits per heavy atom. The van der Waals surface area contributed by atoms with Crippen LogP contribution < -0.4 is 5.73 Å². The Balaban J connectivity index is 2.23. The molecule has 1 amide bonds. The molecule has 1 heterocycles. The van der Waals surface area contributed by atoms with Gasteiger partial charge in [-0.3, -0.25) is 4.79 Å². The van der Waals surface area contributed by atoms with Crippen molar-refractivity contribution in [3.05, 3.63) is 29.3 Å². The number of nitrogen functional groups attached to an aromatic ring is 1. The van der Waals surface area contributed by atoms with Crippen LogP contribution in [0.25, 0.3) is 0 Å². The summed E-state index contributed by atoms with van der Waals surface area (Å²) < 4.78 is 5.26. The van der Waals surface area contributed by atoms with Gasteiger partial charge in [0.25, 0.3) is 5.91 Å². The Morgan fingerprint density at radius 2 is 2.33 bits per heavy atom. The number of aliphatic hydroxyl groups excluding tert-OH is 1. The summed E-state index contributed by atoms with van der Waals surface area (Å²) in [7, 11) is 0. The zero-order chi connectivity index (χ0) is 13.1.